The van der Waals surface area contributed by atoms with Gasteiger partial charge < -0.3 is 14.9 Å². The molecule has 2 heterocycles. The van der Waals surface area contributed by atoms with Gasteiger partial charge in [0.05, 0.1) is 5.92 Å². The fourth-order valence-corrected chi connectivity index (χ4v) is 3.64. The summed E-state index contributed by atoms with van der Waals surface area (Å²) in [5.41, 5.74) is 0. The van der Waals surface area contributed by atoms with E-state index >= 15 is 0 Å². The van der Waals surface area contributed by atoms with Gasteiger partial charge in [-0.05, 0) is 30.8 Å². The first-order chi connectivity index (χ1) is 11.4. The molecule has 0 saturated carbocycles. The van der Waals surface area contributed by atoms with E-state index in [-0.39, 0.29) is 24.3 Å². The lowest BCUT2D eigenvalue weighted by atomic mass is 9.90. The SMILES string of the molecule is CC(C)CCCC1CCN(C(=O)C(C)CN2C(=O)C=CC2O)CC1. The lowest BCUT2D eigenvalue weighted by molar-refractivity contribution is -0.140. The van der Waals surface area contributed by atoms with Gasteiger partial charge in [-0.1, -0.05) is 40.0 Å². The number of amides is 2. The van der Waals surface area contributed by atoms with Crippen molar-refractivity contribution in [2.24, 2.45) is 17.8 Å². The van der Waals surface area contributed by atoms with Crippen LogP contribution in [0.1, 0.15) is 52.9 Å². The fourth-order valence-electron chi connectivity index (χ4n) is 3.64. The molecule has 0 aromatic rings. The van der Waals surface area contributed by atoms with Gasteiger partial charge >= 0.3 is 0 Å². The van der Waals surface area contributed by atoms with E-state index in [1.807, 2.05) is 11.8 Å². The highest BCUT2D eigenvalue weighted by molar-refractivity contribution is 5.91. The summed E-state index contributed by atoms with van der Waals surface area (Å²) < 4.78 is 0. The van der Waals surface area contributed by atoms with Crippen LogP contribution < -0.4 is 0 Å². The summed E-state index contributed by atoms with van der Waals surface area (Å²) in [5.74, 6) is 1.12. The number of aliphatic hydroxyl groups is 1. The van der Waals surface area contributed by atoms with Crippen molar-refractivity contribution in [3.8, 4) is 0 Å². The van der Waals surface area contributed by atoms with E-state index in [9.17, 15) is 14.7 Å². The summed E-state index contributed by atoms with van der Waals surface area (Å²) >= 11 is 0. The van der Waals surface area contributed by atoms with Crippen molar-refractivity contribution in [3.63, 3.8) is 0 Å². The van der Waals surface area contributed by atoms with Crippen molar-refractivity contribution in [2.75, 3.05) is 19.6 Å². The minimum Gasteiger partial charge on any atom is -0.370 e. The Morgan fingerprint density at radius 2 is 1.96 bits per heavy atom. The molecule has 0 aromatic heterocycles. The molecule has 1 N–H and O–H groups in total. The summed E-state index contributed by atoms with van der Waals surface area (Å²) in [6.07, 6.45) is 7.96. The molecule has 136 valence electrons. The number of piperidine rings is 1. The van der Waals surface area contributed by atoms with E-state index in [4.69, 9.17) is 0 Å². The Morgan fingerprint density at radius 3 is 2.50 bits per heavy atom. The lowest BCUT2D eigenvalue weighted by Gasteiger charge is -2.34. The summed E-state index contributed by atoms with van der Waals surface area (Å²) in [6.45, 7) is 8.30. The maximum atomic E-state index is 12.6. The van der Waals surface area contributed by atoms with Crippen LogP contribution in [0.15, 0.2) is 12.2 Å². The van der Waals surface area contributed by atoms with Crippen LogP contribution in [0.4, 0.5) is 0 Å². The average Bonchev–Trinajstić information content (AvgIpc) is 2.86. The van der Waals surface area contributed by atoms with Crippen molar-refractivity contribution >= 4 is 11.8 Å². The van der Waals surface area contributed by atoms with Crippen molar-refractivity contribution < 1.29 is 14.7 Å². The van der Waals surface area contributed by atoms with Crippen molar-refractivity contribution in [1.82, 2.24) is 9.80 Å². The van der Waals surface area contributed by atoms with Gasteiger partial charge in [0.1, 0.15) is 6.23 Å². The first-order valence-electron chi connectivity index (χ1n) is 9.34. The summed E-state index contributed by atoms with van der Waals surface area (Å²) in [7, 11) is 0. The van der Waals surface area contributed by atoms with Gasteiger partial charge in [0.2, 0.25) is 11.8 Å². The van der Waals surface area contributed by atoms with E-state index in [1.54, 1.807) is 0 Å². The van der Waals surface area contributed by atoms with Crippen LogP contribution >= 0.6 is 0 Å². The number of hydrogen-bond acceptors (Lipinski definition) is 3. The van der Waals surface area contributed by atoms with Crippen molar-refractivity contribution in [2.45, 2.75) is 59.1 Å². The number of nitrogens with zero attached hydrogens (tertiary/aromatic N) is 2. The highest BCUT2D eigenvalue weighted by Crippen LogP contribution is 2.25. The molecule has 0 aliphatic carbocycles. The molecular weight excluding hydrogens is 304 g/mol. The molecule has 2 amide bonds. The minimum atomic E-state index is -0.889. The first kappa shape index (κ1) is 19.0. The van der Waals surface area contributed by atoms with Crippen LogP contribution in [0.5, 0.6) is 0 Å². The van der Waals surface area contributed by atoms with E-state index in [0.29, 0.717) is 0 Å². The molecule has 1 saturated heterocycles. The second kappa shape index (κ2) is 8.65. The monoisotopic (exact) mass is 336 g/mol. The number of carbonyl (C=O) groups excluding carboxylic acids is 2. The quantitative estimate of drug-likeness (QED) is 0.776. The largest absolute Gasteiger partial charge is 0.370 e. The van der Waals surface area contributed by atoms with Gasteiger partial charge in [0, 0.05) is 25.7 Å². The lowest BCUT2D eigenvalue weighted by Crippen LogP contribution is -2.46. The second-order valence-corrected chi connectivity index (χ2v) is 7.76. The Morgan fingerprint density at radius 1 is 1.29 bits per heavy atom. The zero-order valence-corrected chi connectivity index (χ0v) is 15.3. The summed E-state index contributed by atoms with van der Waals surface area (Å²) in [5, 5.41) is 9.75. The molecule has 0 bridgehead atoms. The molecule has 5 heteroatoms. The van der Waals surface area contributed by atoms with Crippen LogP contribution in [0.25, 0.3) is 0 Å². The van der Waals surface area contributed by atoms with Crippen molar-refractivity contribution in [1.29, 1.82) is 0 Å². The fraction of sp³-hybridized carbons (Fsp3) is 0.789. The van der Waals surface area contributed by atoms with E-state index in [1.165, 1.54) is 36.3 Å². The highest BCUT2D eigenvalue weighted by Gasteiger charge is 2.31. The molecule has 0 radical (unpaired) electrons. The van der Waals surface area contributed by atoms with E-state index in [0.717, 1.165) is 37.8 Å². The van der Waals surface area contributed by atoms with Gasteiger partial charge in [-0.25, -0.2) is 0 Å². The third-order valence-corrected chi connectivity index (χ3v) is 5.23. The Bertz CT molecular complexity index is 467. The van der Waals surface area contributed by atoms with Gasteiger partial charge in [0.15, 0.2) is 0 Å². The second-order valence-electron chi connectivity index (χ2n) is 7.76. The number of likely N-dealkylation sites (tertiary alicyclic amines) is 1. The molecule has 5 nitrogen and oxygen atoms in total. The average molecular weight is 336 g/mol. The third-order valence-electron chi connectivity index (χ3n) is 5.23. The van der Waals surface area contributed by atoms with Crippen LogP contribution in [-0.2, 0) is 9.59 Å². The van der Waals surface area contributed by atoms with Crippen LogP contribution in [0.3, 0.4) is 0 Å². The predicted molar refractivity (Wildman–Crippen MR) is 94.0 cm³/mol. The number of aliphatic hydroxyl groups excluding tert-OH is 1. The Hall–Kier alpha value is -1.36. The molecular formula is C19H32N2O3. The molecule has 2 aliphatic rings. The first-order valence-corrected chi connectivity index (χ1v) is 9.34. The minimum absolute atomic E-state index is 0.0996. The molecule has 2 unspecified atom stereocenters. The molecule has 0 spiro atoms. The van der Waals surface area contributed by atoms with E-state index < -0.39 is 6.23 Å². The van der Waals surface area contributed by atoms with Gasteiger partial charge in [-0.3, -0.25) is 9.59 Å². The van der Waals surface area contributed by atoms with Crippen LogP contribution in [0, 0.1) is 17.8 Å². The summed E-state index contributed by atoms with van der Waals surface area (Å²) in [6, 6.07) is 0. The van der Waals surface area contributed by atoms with Gasteiger partial charge in [-0.2, -0.15) is 0 Å². The maximum absolute atomic E-state index is 12.6. The van der Waals surface area contributed by atoms with E-state index in [2.05, 4.69) is 13.8 Å². The summed E-state index contributed by atoms with van der Waals surface area (Å²) in [4.78, 5) is 27.5. The molecule has 2 aliphatic heterocycles. The molecule has 1 fully saturated rings. The Kier molecular flexibility index (Phi) is 6.84. The number of carbonyl (C=O) groups is 2. The molecule has 24 heavy (non-hydrogen) atoms. The highest BCUT2D eigenvalue weighted by atomic mass is 16.3. The Labute approximate surface area is 145 Å². The zero-order valence-electron chi connectivity index (χ0n) is 15.3. The third kappa shape index (κ3) is 5.07. The van der Waals surface area contributed by atoms with Gasteiger partial charge in [-0.15, -0.1) is 0 Å². The van der Waals surface area contributed by atoms with Crippen LogP contribution in [0.2, 0.25) is 0 Å². The van der Waals surface area contributed by atoms with Gasteiger partial charge in [0.25, 0.3) is 0 Å². The van der Waals surface area contributed by atoms with Crippen LogP contribution in [-0.4, -0.2) is 52.6 Å². The predicted octanol–water partition coefficient (Wildman–Crippen LogP) is 2.40. The Balaban J connectivity index is 1.73. The van der Waals surface area contributed by atoms with Crippen molar-refractivity contribution in [3.05, 3.63) is 12.2 Å². The zero-order chi connectivity index (χ0) is 17.7. The number of hydrogen-bond donors (Lipinski definition) is 1. The molecule has 0 aromatic carbocycles. The number of rotatable bonds is 7. The molecule has 2 atom stereocenters. The standard InChI is InChI=1S/C19H32N2O3/c1-14(2)5-4-6-16-9-11-20(12-10-16)19(24)15(3)13-21-17(22)7-8-18(21)23/h7-8,14-17,22H,4-6,9-13H2,1-3H3. The maximum Gasteiger partial charge on any atom is 0.248 e. The topological polar surface area (TPSA) is 60.9 Å². The normalized spacial score (nSPS) is 23.4. The molecule has 2 rings (SSSR count). The smallest absolute Gasteiger partial charge is 0.248 e.